The smallest absolute Gasteiger partial charge is 0.343 e. The highest BCUT2D eigenvalue weighted by molar-refractivity contribution is 5.99. The molecule has 1 saturated heterocycles. The Kier molecular flexibility index (Phi) is 5.43. The molecule has 0 radical (unpaired) electrons. The summed E-state index contributed by atoms with van der Waals surface area (Å²) in [6.07, 6.45) is 1.39. The van der Waals surface area contributed by atoms with Gasteiger partial charge in [0.2, 0.25) is 0 Å². The van der Waals surface area contributed by atoms with E-state index in [0.717, 1.165) is 0 Å². The summed E-state index contributed by atoms with van der Waals surface area (Å²) >= 11 is 0. The Morgan fingerprint density at radius 3 is 2.58 bits per heavy atom. The first-order chi connectivity index (χ1) is 12.6. The zero-order valence-electron chi connectivity index (χ0n) is 14.5. The Morgan fingerprint density at radius 2 is 2.00 bits per heavy atom. The molecule has 0 bridgehead atoms. The van der Waals surface area contributed by atoms with Gasteiger partial charge in [0.1, 0.15) is 5.75 Å². The summed E-state index contributed by atoms with van der Waals surface area (Å²) < 4.78 is 15.8. The molecule has 8 heteroatoms. The fraction of sp³-hybridized carbons (Fsp3) is 0.444. The minimum atomic E-state index is -1.13. The lowest BCUT2D eigenvalue weighted by Gasteiger charge is -2.35. The molecule has 3 rings (SSSR count). The maximum absolute atomic E-state index is 11.8. The SMILES string of the molecule is COc1ccc(-c2onc(NCC3(CO)CCOCC3)c2C(=O)O)cc1. The molecule has 0 spiro atoms. The lowest BCUT2D eigenvalue weighted by molar-refractivity contribution is -0.00865. The lowest BCUT2D eigenvalue weighted by atomic mass is 9.81. The van der Waals surface area contributed by atoms with Gasteiger partial charge in [0.15, 0.2) is 17.1 Å². The third kappa shape index (κ3) is 3.66. The van der Waals surface area contributed by atoms with Crippen LogP contribution < -0.4 is 10.1 Å². The topological polar surface area (TPSA) is 114 Å². The molecule has 2 heterocycles. The molecule has 1 aromatic heterocycles. The first-order valence-electron chi connectivity index (χ1n) is 8.38. The van der Waals surface area contributed by atoms with Crippen molar-refractivity contribution in [3.05, 3.63) is 29.8 Å². The highest BCUT2D eigenvalue weighted by Crippen LogP contribution is 2.33. The zero-order valence-corrected chi connectivity index (χ0v) is 14.5. The number of ether oxygens (including phenoxy) is 2. The number of benzene rings is 1. The number of carbonyl (C=O) groups is 1. The lowest BCUT2D eigenvalue weighted by Crippen LogP contribution is -2.39. The second kappa shape index (κ2) is 7.76. The van der Waals surface area contributed by atoms with Gasteiger partial charge in [0.05, 0.1) is 13.7 Å². The van der Waals surface area contributed by atoms with Crippen molar-refractivity contribution >= 4 is 11.8 Å². The number of nitrogens with one attached hydrogen (secondary N) is 1. The fourth-order valence-corrected chi connectivity index (χ4v) is 3.02. The molecule has 0 saturated carbocycles. The minimum absolute atomic E-state index is 0.00501. The average molecular weight is 362 g/mol. The van der Waals surface area contributed by atoms with Crippen molar-refractivity contribution in [2.24, 2.45) is 5.41 Å². The number of aliphatic hydroxyl groups is 1. The number of rotatable bonds is 7. The van der Waals surface area contributed by atoms with Crippen LogP contribution in [0.2, 0.25) is 0 Å². The summed E-state index contributed by atoms with van der Waals surface area (Å²) in [4.78, 5) is 11.8. The van der Waals surface area contributed by atoms with Crippen LogP contribution >= 0.6 is 0 Å². The summed E-state index contributed by atoms with van der Waals surface area (Å²) in [5, 5.41) is 26.3. The number of aromatic nitrogens is 1. The van der Waals surface area contributed by atoms with Crippen molar-refractivity contribution in [1.29, 1.82) is 0 Å². The van der Waals surface area contributed by atoms with E-state index in [2.05, 4.69) is 10.5 Å². The second-order valence-corrected chi connectivity index (χ2v) is 6.39. The molecule has 3 N–H and O–H groups in total. The van der Waals surface area contributed by atoms with Gasteiger partial charge in [-0.15, -0.1) is 0 Å². The monoisotopic (exact) mass is 362 g/mol. The van der Waals surface area contributed by atoms with Gasteiger partial charge in [0.25, 0.3) is 0 Å². The zero-order chi connectivity index (χ0) is 18.6. The number of carboxylic acids is 1. The Hall–Kier alpha value is -2.58. The van der Waals surface area contributed by atoms with Crippen molar-refractivity contribution in [1.82, 2.24) is 5.16 Å². The van der Waals surface area contributed by atoms with E-state index in [4.69, 9.17) is 14.0 Å². The molecule has 0 amide bonds. The number of nitrogens with zero attached hydrogens (tertiary/aromatic N) is 1. The Labute approximate surface area is 150 Å². The largest absolute Gasteiger partial charge is 0.497 e. The van der Waals surface area contributed by atoms with E-state index < -0.39 is 5.97 Å². The summed E-state index contributed by atoms with van der Waals surface area (Å²) in [7, 11) is 1.56. The Balaban J connectivity index is 1.83. The molecular weight excluding hydrogens is 340 g/mol. The predicted octanol–water partition coefficient (Wildman–Crippen LogP) is 2.25. The highest BCUT2D eigenvalue weighted by atomic mass is 16.5. The van der Waals surface area contributed by atoms with E-state index in [-0.39, 0.29) is 29.2 Å². The van der Waals surface area contributed by atoms with Gasteiger partial charge in [-0.25, -0.2) is 4.79 Å². The quantitative estimate of drug-likeness (QED) is 0.687. The van der Waals surface area contributed by atoms with E-state index in [1.165, 1.54) is 0 Å². The predicted molar refractivity (Wildman–Crippen MR) is 93.5 cm³/mol. The van der Waals surface area contributed by atoms with Gasteiger partial charge >= 0.3 is 5.97 Å². The molecule has 1 aromatic carbocycles. The normalized spacial score (nSPS) is 16.2. The van der Waals surface area contributed by atoms with Crippen LogP contribution in [0, 0.1) is 5.41 Å². The van der Waals surface area contributed by atoms with Crippen molar-refractivity contribution in [3.63, 3.8) is 0 Å². The Bertz CT molecular complexity index is 750. The standard InChI is InChI=1S/C18H22N2O6/c1-24-13-4-2-12(3-5-13)15-14(17(22)23)16(20-26-15)19-10-18(11-21)6-8-25-9-7-18/h2-5,21H,6-11H2,1H3,(H,19,20)(H,22,23). The number of carboxylic acid groups (broad SMARTS) is 1. The molecular formula is C18H22N2O6. The number of hydrogen-bond acceptors (Lipinski definition) is 7. The van der Waals surface area contributed by atoms with Crippen LogP contribution in [0.5, 0.6) is 5.75 Å². The van der Waals surface area contributed by atoms with E-state index in [1.807, 2.05) is 0 Å². The molecule has 0 atom stereocenters. The number of anilines is 1. The molecule has 1 fully saturated rings. The molecule has 0 unspecified atom stereocenters. The van der Waals surface area contributed by atoms with Crippen molar-refractivity contribution in [2.75, 3.05) is 38.8 Å². The van der Waals surface area contributed by atoms with Crippen LogP contribution in [-0.4, -0.2) is 54.8 Å². The minimum Gasteiger partial charge on any atom is -0.497 e. The van der Waals surface area contributed by atoms with Gasteiger partial charge in [-0.2, -0.15) is 0 Å². The van der Waals surface area contributed by atoms with Crippen LogP contribution in [0.15, 0.2) is 28.8 Å². The van der Waals surface area contributed by atoms with Gasteiger partial charge < -0.3 is 29.5 Å². The van der Waals surface area contributed by atoms with Gasteiger partial charge in [-0.1, -0.05) is 5.16 Å². The molecule has 26 heavy (non-hydrogen) atoms. The summed E-state index contributed by atoms with van der Waals surface area (Å²) in [6.45, 7) is 1.53. The maximum Gasteiger partial charge on any atom is 0.343 e. The summed E-state index contributed by atoms with van der Waals surface area (Å²) in [6, 6.07) is 6.87. The van der Waals surface area contributed by atoms with E-state index in [9.17, 15) is 15.0 Å². The molecule has 2 aromatic rings. The van der Waals surface area contributed by atoms with Crippen LogP contribution in [0.3, 0.4) is 0 Å². The summed E-state index contributed by atoms with van der Waals surface area (Å²) in [5.74, 6) is -0.146. The van der Waals surface area contributed by atoms with Gasteiger partial charge in [-0.05, 0) is 37.1 Å². The molecule has 140 valence electrons. The number of hydrogen-bond donors (Lipinski definition) is 3. The maximum atomic E-state index is 11.8. The molecule has 1 aliphatic heterocycles. The van der Waals surface area contributed by atoms with Gasteiger partial charge in [0, 0.05) is 30.7 Å². The third-order valence-electron chi connectivity index (χ3n) is 4.78. The Morgan fingerprint density at radius 1 is 1.31 bits per heavy atom. The van der Waals surface area contributed by atoms with Crippen molar-refractivity contribution in [3.8, 4) is 17.1 Å². The van der Waals surface area contributed by atoms with E-state index in [1.54, 1.807) is 31.4 Å². The van der Waals surface area contributed by atoms with Crippen LogP contribution in [-0.2, 0) is 4.74 Å². The highest BCUT2D eigenvalue weighted by Gasteiger charge is 2.33. The molecule has 0 aliphatic carbocycles. The third-order valence-corrected chi connectivity index (χ3v) is 4.78. The van der Waals surface area contributed by atoms with Gasteiger partial charge in [-0.3, -0.25) is 0 Å². The fourth-order valence-electron chi connectivity index (χ4n) is 3.02. The number of methoxy groups -OCH3 is 1. The first-order valence-corrected chi connectivity index (χ1v) is 8.38. The van der Waals surface area contributed by atoms with E-state index in [0.29, 0.717) is 43.9 Å². The molecule has 1 aliphatic rings. The van der Waals surface area contributed by atoms with Crippen LogP contribution in [0.4, 0.5) is 5.82 Å². The average Bonchev–Trinajstić information content (AvgIpc) is 3.11. The first kappa shape index (κ1) is 18.2. The van der Waals surface area contributed by atoms with Crippen LogP contribution in [0.25, 0.3) is 11.3 Å². The number of aromatic carboxylic acids is 1. The van der Waals surface area contributed by atoms with Crippen LogP contribution in [0.1, 0.15) is 23.2 Å². The van der Waals surface area contributed by atoms with Crippen molar-refractivity contribution < 1.29 is 29.0 Å². The molecule has 8 nitrogen and oxygen atoms in total. The summed E-state index contributed by atoms with van der Waals surface area (Å²) in [5.41, 5.74) is 0.203. The number of aliphatic hydroxyl groups excluding tert-OH is 1. The van der Waals surface area contributed by atoms with Crippen molar-refractivity contribution in [2.45, 2.75) is 12.8 Å². The van der Waals surface area contributed by atoms with E-state index >= 15 is 0 Å². The second-order valence-electron chi connectivity index (χ2n) is 6.39.